The van der Waals surface area contributed by atoms with Crippen molar-refractivity contribution in [3.05, 3.63) is 71.8 Å². The van der Waals surface area contributed by atoms with Crippen LogP contribution in [0.25, 0.3) is 0 Å². The summed E-state index contributed by atoms with van der Waals surface area (Å²) in [4.78, 5) is 12.3. The summed E-state index contributed by atoms with van der Waals surface area (Å²) in [5.74, 6) is 2.60. The lowest BCUT2D eigenvalue weighted by Crippen LogP contribution is -2.13. The zero-order valence-corrected chi connectivity index (χ0v) is 19.0. The molecule has 1 aliphatic rings. The van der Waals surface area contributed by atoms with Gasteiger partial charge in [0.25, 0.3) is 0 Å². The molecule has 3 rings (SSSR count). The van der Waals surface area contributed by atoms with Gasteiger partial charge in [0.05, 0.1) is 5.56 Å². The minimum Gasteiger partial charge on any atom is -0.490 e. The van der Waals surface area contributed by atoms with Crippen LogP contribution in [0, 0.1) is 18.8 Å². The molecule has 0 aliphatic heterocycles. The zero-order valence-electron chi connectivity index (χ0n) is 19.0. The van der Waals surface area contributed by atoms with E-state index >= 15 is 0 Å². The predicted octanol–water partition coefficient (Wildman–Crippen LogP) is 7.54. The van der Waals surface area contributed by atoms with Gasteiger partial charge in [0.1, 0.15) is 18.1 Å². The van der Waals surface area contributed by atoms with Gasteiger partial charge in [-0.2, -0.15) is 0 Å². The summed E-state index contributed by atoms with van der Waals surface area (Å²) in [7, 11) is 0. The summed E-state index contributed by atoms with van der Waals surface area (Å²) < 4.78 is 11.2. The Kier molecular flexibility index (Phi) is 9.20. The Bertz CT molecular complexity index is 812. The van der Waals surface area contributed by atoms with Gasteiger partial charge in [0.15, 0.2) is 0 Å². The Morgan fingerprint density at radius 3 is 2.29 bits per heavy atom. The second kappa shape index (κ2) is 12.3. The van der Waals surface area contributed by atoms with Crippen LogP contribution in [0.2, 0.25) is 0 Å². The highest BCUT2D eigenvalue weighted by Crippen LogP contribution is 2.32. The number of hydrogen-bond acceptors (Lipinski definition) is 3. The van der Waals surface area contributed by atoms with Gasteiger partial charge in [-0.3, -0.25) is 0 Å². The number of ether oxygens (including phenoxy) is 2. The maximum Gasteiger partial charge on any atom is 0.343 e. The van der Waals surface area contributed by atoms with Crippen molar-refractivity contribution in [1.82, 2.24) is 0 Å². The first kappa shape index (κ1) is 23.1. The first-order valence-corrected chi connectivity index (χ1v) is 11.8. The number of benzene rings is 2. The molecule has 0 N–H and O–H groups in total. The van der Waals surface area contributed by atoms with Crippen molar-refractivity contribution < 1.29 is 14.3 Å². The molecule has 0 unspecified atom stereocenters. The van der Waals surface area contributed by atoms with Crippen molar-refractivity contribution in [2.45, 2.75) is 65.2 Å². The minimum absolute atomic E-state index is 0.361. The van der Waals surface area contributed by atoms with E-state index in [4.69, 9.17) is 9.47 Å². The maximum atomic E-state index is 12.3. The third-order valence-electron chi connectivity index (χ3n) is 6.18. The molecule has 1 saturated carbocycles. The number of unbranched alkanes of at least 4 members (excludes halogenated alkanes) is 2. The van der Waals surface area contributed by atoms with Gasteiger partial charge in [0, 0.05) is 0 Å². The minimum atomic E-state index is -0.361. The number of esters is 1. The average Bonchev–Trinajstić information content (AvgIpc) is 2.80. The summed E-state index contributed by atoms with van der Waals surface area (Å²) in [5.41, 5.74) is 1.64. The van der Waals surface area contributed by atoms with E-state index in [-0.39, 0.29) is 5.97 Å². The first-order valence-electron chi connectivity index (χ1n) is 11.8. The van der Waals surface area contributed by atoms with Crippen LogP contribution in [0.4, 0.5) is 0 Å². The smallest absolute Gasteiger partial charge is 0.343 e. The molecule has 3 heteroatoms. The molecule has 0 radical (unpaired) electrons. The molecule has 0 atom stereocenters. The number of hydrogen-bond donors (Lipinski definition) is 0. The fourth-order valence-corrected chi connectivity index (χ4v) is 4.20. The van der Waals surface area contributed by atoms with Crippen LogP contribution in [0.5, 0.6) is 11.5 Å². The molecule has 3 nitrogen and oxygen atoms in total. The van der Waals surface area contributed by atoms with Crippen LogP contribution >= 0.6 is 0 Å². The van der Waals surface area contributed by atoms with Gasteiger partial charge < -0.3 is 9.47 Å². The molecule has 166 valence electrons. The van der Waals surface area contributed by atoms with Crippen molar-refractivity contribution in [3.63, 3.8) is 0 Å². The Labute approximate surface area is 187 Å². The van der Waals surface area contributed by atoms with Crippen molar-refractivity contribution in [1.29, 1.82) is 0 Å². The Balaban J connectivity index is 1.36. The van der Waals surface area contributed by atoms with Gasteiger partial charge in [-0.1, -0.05) is 62.5 Å². The molecule has 1 aliphatic carbocycles. The van der Waals surface area contributed by atoms with Crippen molar-refractivity contribution >= 4 is 5.97 Å². The molecule has 2 aromatic rings. The number of carbonyl (C=O) groups excluding carboxylic acids is 1. The molecule has 2 aromatic carbocycles. The summed E-state index contributed by atoms with van der Waals surface area (Å²) in [6.07, 6.45) is 15.4. The molecular formula is C28H36O3. The van der Waals surface area contributed by atoms with Crippen molar-refractivity contribution in [3.8, 4) is 11.5 Å². The lowest BCUT2D eigenvalue weighted by Gasteiger charge is -2.26. The fraction of sp³-hybridized carbons (Fsp3) is 0.464. The summed E-state index contributed by atoms with van der Waals surface area (Å²) >= 11 is 0. The van der Waals surface area contributed by atoms with E-state index < -0.39 is 0 Å². The monoisotopic (exact) mass is 420 g/mol. The van der Waals surface area contributed by atoms with E-state index in [1.165, 1.54) is 51.4 Å². The molecule has 0 amide bonds. The molecule has 0 heterocycles. The zero-order chi connectivity index (χ0) is 21.9. The SMILES string of the molecule is CCCCCC1CCC(C=CCOc2ccc(C(=O)Oc3ccc(C)cc3)cc2)CC1. The van der Waals surface area contributed by atoms with Crippen LogP contribution in [0.3, 0.4) is 0 Å². The van der Waals surface area contributed by atoms with Gasteiger partial charge in [-0.05, 0) is 80.8 Å². The van der Waals surface area contributed by atoms with Gasteiger partial charge >= 0.3 is 5.97 Å². The quantitative estimate of drug-likeness (QED) is 0.172. The van der Waals surface area contributed by atoms with Crippen LogP contribution in [-0.4, -0.2) is 12.6 Å². The topological polar surface area (TPSA) is 35.5 Å². The van der Waals surface area contributed by atoms with Gasteiger partial charge in [-0.15, -0.1) is 0 Å². The summed E-state index contributed by atoms with van der Waals surface area (Å²) in [6.45, 7) is 4.84. The normalized spacial score (nSPS) is 18.8. The summed E-state index contributed by atoms with van der Waals surface area (Å²) in [5, 5.41) is 0. The molecular weight excluding hydrogens is 384 g/mol. The average molecular weight is 421 g/mol. The van der Waals surface area contributed by atoms with E-state index in [1.54, 1.807) is 24.3 Å². The second-order valence-corrected chi connectivity index (χ2v) is 8.74. The van der Waals surface area contributed by atoms with Crippen LogP contribution in [-0.2, 0) is 0 Å². The van der Waals surface area contributed by atoms with Gasteiger partial charge in [-0.25, -0.2) is 4.79 Å². The molecule has 0 saturated heterocycles. The molecule has 0 bridgehead atoms. The van der Waals surface area contributed by atoms with E-state index in [1.807, 2.05) is 31.2 Å². The number of allylic oxidation sites excluding steroid dienone is 1. The van der Waals surface area contributed by atoms with E-state index in [9.17, 15) is 4.79 Å². The van der Waals surface area contributed by atoms with E-state index in [0.717, 1.165) is 17.2 Å². The lowest BCUT2D eigenvalue weighted by atomic mass is 9.79. The largest absolute Gasteiger partial charge is 0.490 e. The summed E-state index contributed by atoms with van der Waals surface area (Å²) in [6, 6.07) is 14.6. The van der Waals surface area contributed by atoms with Crippen molar-refractivity contribution in [2.24, 2.45) is 11.8 Å². The van der Waals surface area contributed by atoms with Crippen LogP contribution in [0.15, 0.2) is 60.7 Å². The number of rotatable bonds is 10. The maximum absolute atomic E-state index is 12.3. The lowest BCUT2D eigenvalue weighted by molar-refractivity contribution is 0.0734. The molecule has 0 spiro atoms. The third kappa shape index (κ3) is 7.90. The second-order valence-electron chi connectivity index (χ2n) is 8.74. The Hall–Kier alpha value is -2.55. The highest BCUT2D eigenvalue weighted by Gasteiger charge is 2.18. The predicted molar refractivity (Wildman–Crippen MR) is 127 cm³/mol. The van der Waals surface area contributed by atoms with Crippen molar-refractivity contribution in [2.75, 3.05) is 6.61 Å². The first-order chi connectivity index (χ1) is 15.1. The third-order valence-corrected chi connectivity index (χ3v) is 6.18. The standard InChI is InChI=1S/C28H36O3/c1-3-4-5-7-23-11-13-24(14-12-23)8-6-21-30-26-19-15-25(16-20-26)28(29)31-27-17-9-22(2)10-18-27/h6,8-10,15-20,23-24H,3-5,7,11-14,21H2,1-2H3. The number of aryl methyl sites for hydroxylation is 1. The highest BCUT2D eigenvalue weighted by atomic mass is 16.5. The highest BCUT2D eigenvalue weighted by molar-refractivity contribution is 5.91. The van der Waals surface area contributed by atoms with E-state index in [2.05, 4.69) is 19.1 Å². The fourth-order valence-electron chi connectivity index (χ4n) is 4.20. The molecule has 0 aromatic heterocycles. The van der Waals surface area contributed by atoms with Crippen LogP contribution in [0.1, 0.15) is 74.2 Å². The number of carbonyl (C=O) groups is 1. The Morgan fingerprint density at radius 2 is 1.61 bits per heavy atom. The van der Waals surface area contributed by atoms with Crippen LogP contribution < -0.4 is 9.47 Å². The molecule has 31 heavy (non-hydrogen) atoms. The van der Waals surface area contributed by atoms with E-state index in [0.29, 0.717) is 23.8 Å². The Morgan fingerprint density at radius 1 is 0.935 bits per heavy atom. The molecule has 1 fully saturated rings. The van der Waals surface area contributed by atoms with Gasteiger partial charge in [0.2, 0.25) is 0 Å².